The molecule has 35 heteroatoms. The van der Waals surface area contributed by atoms with Crippen LogP contribution in [0, 0.1) is 6.92 Å². The van der Waals surface area contributed by atoms with E-state index in [1.807, 2.05) is 81.5 Å². The minimum absolute atomic E-state index is 0.232. The van der Waals surface area contributed by atoms with E-state index in [4.69, 9.17) is 25.0 Å². The van der Waals surface area contributed by atoms with Crippen LogP contribution in [0.25, 0.3) is 61.5 Å². The quantitative estimate of drug-likeness (QED) is 0.111. The molecule has 20 heterocycles. The number of thioether (sulfide) groups is 5. The van der Waals surface area contributed by atoms with Gasteiger partial charge < -0.3 is 49.0 Å². The molecule has 0 radical (unpaired) electrons. The molecule has 0 N–H and O–H groups in total. The Morgan fingerprint density at radius 3 is 0.937 bits per heavy atom. The second-order valence-corrected chi connectivity index (χ2v) is 50.9. The summed E-state index contributed by atoms with van der Waals surface area (Å²) in [5.41, 5.74) is 1.24. The number of hydrogen-bond donors (Lipinski definition) is 0. The lowest BCUT2D eigenvalue weighted by Crippen LogP contribution is -2.48. The van der Waals surface area contributed by atoms with Gasteiger partial charge in [-0.2, -0.15) is 0 Å². The molecule has 0 saturated carbocycles. The van der Waals surface area contributed by atoms with Gasteiger partial charge in [-0.05, 0) is 144 Å². The molecule has 0 aliphatic carbocycles. The van der Waals surface area contributed by atoms with Crippen LogP contribution in [0.2, 0.25) is 0 Å². The Morgan fingerprint density at radius 2 is 0.614 bits per heavy atom. The molecule has 674 valence electrons. The van der Waals surface area contributed by atoms with Crippen LogP contribution < -0.4 is 24.5 Å². The average molecular weight is 1900 g/mol. The van der Waals surface area contributed by atoms with Crippen molar-refractivity contribution in [1.29, 1.82) is 0 Å². The molecule has 11 aromatic rings. The molecule has 0 spiro atoms. The van der Waals surface area contributed by atoms with Crippen molar-refractivity contribution in [2.45, 2.75) is 166 Å². The van der Waals surface area contributed by atoms with E-state index in [1.165, 1.54) is 90.2 Å². The number of thiophene rings is 5. The number of nitrogens with zero attached hydrogens (tertiary/aromatic N) is 25. The number of aliphatic imine (C=N–C) groups is 5. The van der Waals surface area contributed by atoms with Gasteiger partial charge in [-0.25, -0.2) is 49.8 Å². The van der Waals surface area contributed by atoms with Gasteiger partial charge in [0.2, 0.25) is 0 Å². The first-order valence-electron chi connectivity index (χ1n) is 45.1. The third kappa shape index (κ3) is 21.8. The molecule has 0 bridgehead atoms. The maximum absolute atomic E-state index is 4.76. The van der Waals surface area contributed by atoms with E-state index in [2.05, 4.69) is 263 Å². The molecule has 21 rings (SSSR count). The SMILES string of the molecule is CC1(C)CN=C(N2CCN(c3ncnc4sc(-c5ccccc5)cc34)CC2)S1.CCC(C)c1cc2c(N3CCN(C4=NCC(C)(C)S4)CC3)ncnc2s1.CCCCc1cc2c(N3CCN(C4=NCC(C)(C)S4)CC3)ncnc2s1.CCc1cc2c(N3CCN(C4=NCC(C)(C)S4)CC3)ncnc2s1.Cc1cc2c(N3CCN(C4=NCC(C)(C)S4)CC3)ncnc2s1. The second-order valence-electron chi connectivity index (χ2n) is 36.9. The van der Waals surface area contributed by atoms with E-state index in [9.17, 15) is 0 Å². The molecule has 1 aromatic carbocycles. The largest absolute Gasteiger partial charge is 0.352 e. The summed E-state index contributed by atoms with van der Waals surface area (Å²) in [5, 5.41) is 12.1. The zero-order valence-corrected chi connectivity index (χ0v) is 84.4. The number of unbranched alkanes of at least 4 members (excludes halogenated alkanes) is 1. The fraction of sp³-hybridized carbons (Fsp3) is 0.554. The van der Waals surface area contributed by atoms with Crippen LogP contribution in [0.5, 0.6) is 0 Å². The molecule has 1 atom stereocenters. The Hall–Kier alpha value is -7.48. The van der Waals surface area contributed by atoms with E-state index >= 15 is 0 Å². The summed E-state index contributed by atoms with van der Waals surface area (Å²) in [6, 6.07) is 21.9. The molecule has 5 saturated heterocycles. The molecule has 5 fully saturated rings. The Labute approximate surface area is 790 Å². The monoisotopic (exact) mass is 1900 g/mol. The number of benzene rings is 1. The summed E-state index contributed by atoms with van der Waals surface area (Å²) >= 11 is 18.5. The van der Waals surface area contributed by atoms with E-state index in [0.29, 0.717) is 5.92 Å². The van der Waals surface area contributed by atoms with Crippen LogP contribution in [0.15, 0.2) is 117 Å². The van der Waals surface area contributed by atoms with Gasteiger partial charge in [0.1, 0.15) is 84.9 Å². The third-order valence-corrected chi connectivity index (χ3v) is 36.0. The standard InChI is InChI=1S/C21H23N5S2.2C19H27N5S2.C17H23N5S2.C16H21N5S2/c1-21(2)13-22-20(28-21)26-10-8-25(9-11-26)18-16-12-17(15-6-4-3-5-7-15)27-19(16)24-14-23-18;1-5-13(2)15-10-14-16(21-12-22-17(14)25-15)23-6-8-24(9-7-23)18-20-11-19(3,4)26-18;1-4-5-6-14-11-15-16(21-13-22-17(15)25-14)23-7-9-24(10-8-23)18-20-12-19(2,3)26-18;1-4-12-9-13-14(19-11-20-15(13)23-12)21-5-7-22(8-6-21)16-18-10-17(2,3)24-16;1-11-8-12-13(18-10-19-14(12)22-11)20-4-6-21(7-5-20)15-17-9-16(2,3)23-15/h3-7,12,14H,8-11,13H2,1-2H3;10,12-13H,5-9,11H2,1-4H3;11,13H,4-10,12H2,1-3H3;9,11H,4-8,10H2,1-3H3;8,10H,4-7,9H2,1-3H3. The summed E-state index contributed by atoms with van der Waals surface area (Å²) in [7, 11) is 0. The third-order valence-electron chi connectivity index (χ3n) is 24.1. The highest BCUT2D eigenvalue weighted by molar-refractivity contribution is 8.16. The van der Waals surface area contributed by atoms with Crippen LogP contribution in [-0.2, 0) is 12.8 Å². The number of aromatic nitrogens is 10. The van der Waals surface area contributed by atoms with E-state index in [1.54, 1.807) is 65.6 Å². The number of anilines is 5. The Bertz CT molecular complexity index is 5810. The van der Waals surface area contributed by atoms with Gasteiger partial charge in [0, 0.05) is 179 Å². The Kier molecular flexibility index (Phi) is 28.4. The molecule has 10 aliphatic heterocycles. The minimum atomic E-state index is 0.232. The highest BCUT2D eigenvalue weighted by Gasteiger charge is 2.39. The van der Waals surface area contributed by atoms with Crippen molar-refractivity contribution >= 4 is 222 Å². The first-order chi connectivity index (χ1) is 61.2. The zero-order chi connectivity index (χ0) is 88.4. The second kappa shape index (κ2) is 39.5. The van der Waals surface area contributed by atoms with Crippen LogP contribution in [-0.4, -0.2) is 288 Å². The van der Waals surface area contributed by atoms with Gasteiger partial charge in [0.05, 0.1) is 59.7 Å². The van der Waals surface area contributed by atoms with Crippen LogP contribution >= 0.6 is 115 Å². The predicted octanol–water partition coefficient (Wildman–Crippen LogP) is 18.9. The van der Waals surface area contributed by atoms with Gasteiger partial charge in [-0.3, -0.25) is 25.0 Å². The highest BCUT2D eigenvalue weighted by Crippen LogP contribution is 2.44. The summed E-state index contributed by atoms with van der Waals surface area (Å²) in [4.78, 5) is 106. The predicted molar refractivity (Wildman–Crippen MR) is 553 cm³/mol. The molecule has 0 amide bonds. The van der Waals surface area contributed by atoms with Crippen molar-refractivity contribution in [2.24, 2.45) is 25.0 Å². The highest BCUT2D eigenvalue weighted by atomic mass is 32.2. The van der Waals surface area contributed by atoms with Gasteiger partial charge in [-0.15, -0.1) is 56.7 Å². The Morgan fingerprint density at radius 1 is 0.323 bits per heavy atom. The normalized spacial score (nSPS) is 20.4. The zero-order valence-electron chi connectivity index (χ0n) is 76.2. The summed E-state index contributed by atoms with van der Waals surface area (Å²) in [5.74, 6) is 6.03. The molecule has 10 aromatic heterocycles. The van der Waals surface area contributed by atoms with Crippen molar-refractivity contribution < 1.29 is 0 Å². The molecule has 127 heavy (non-hydrogen) atoms. The van der Waals surface area contributed by atoms with E-state index in [0.717, 1.165) is 242 Å². The number of aryl methyl sites for hydroxylation is 3. The van der Waals surface area contributed by atoms with Crippen molar-refractivity contribution in [3.63, 3.8) is 0 Å². The number of amidine groups is 5. The van der Waals surface area contributed by atoms with Crippen LogP contribution in [0.4, 0.5) is 29.1 Å². The lowest BCUT2D eigenvalue weighted by atomic mass is 10.1. The molecular weight excluding hydrogens is 1780 g/mol. The molecular formula is C92H121N25S10. The van der Waals surface area contributed by atoms with Crippen molar-refractivity contribution in [3.05, 3.63) is 112 Å². The molecule has 25 nitrogen and oxygen atoms in total. The number of hydrogen-bond acceptors (Lipinski definition) is 35. The summed E-state index contributed by atoms with van der Waals surface area (Å²) < 4.78 is 1.22. The number of fused-ring (bicyclic) bond motifs is 5. The van der Waals surface area contributed by atoms with Crippen molar-refractivity contribution in [3.8, 4) is 10.4 Å². The fourth-order valence-electron chi connectivity index (χ4n) is 16.8. The summed E-state index contributed by atoms with van der Waals surface area (Å²) in [6.07, 6.45) is 14.4. The van der Waals surface area contributed by atoms with Crippen molar-refractivity contribution in [1.82, 2.24) is 74.3 Å². The first kappa shape index (κ1) is 91.4. The smallest absolute Gasteiger partial charge is 0.159 e. The minimum Gasteiger partial charge on any atom is -0.352 e. The van der Waals surface area contributed by atoms with Gasteiger partial charge in [-0.1, -0.05) is 123 Å². The maximum Gasteiger partial charge on any atom is 0.159 e. The number of piperazine rings is 5. The lowest BCUT2D eigenvalue weighted by Gasteiger charge is -2.36. The average Bonchev–Trinajstić information content (AvgIpc) is 1.65. The van der Waals surface area contributed by atoms with Gasteiger partial charge >= 0.3 is 0 Å². The van der Waals surface area contributed by atoms with E-state index in [-0.39, 0.29) is 23.7 Å². The lowest BCUT2D eigenvalue weighted by molar-refractivity contribution is 0.391. The summed E-state index contributed by atoms with van der Waals surface area (Å²) in [6.45, 7) is 58.3. The van der Waals surface area contributed by atoms with E-state index < -0.39 is 0 Å². The molecule has 1 unspecified atom stereocenters. The van der Waals surface area contributed by atoms with Crippen LogP contribution in [0.3, 0.4) is 0 Å². The fourth-order valence-corrected chi connectivity index (χ4v) is 27.0. The Balaban J connectivity index is 0.000000112. The van der Waals surface area contributed by atoms with Crippen LogP contribution in [0.1, 0.15) is 142 Å². The topological polar surface area (TPSA) is 223 Å². The number of rotatable bonds is 12. The van der Waals surface area contributed by atoms with Gasteiger partial charge in [0.25, 0.3) is 0 Å². The van der Waals surface area contributed by atoms with Gasteiger partial charge in [0.15, 0.2) is 25.8 Å². The maximum atomic E-state index is 4.76. The first-order valence-corrected chi connectivity index (χ1v) is 53.2. The molecule has 10 aliphatic rings. The van der Waals surface area contributed by atoms with Crippen molar-refractivity contribution in [2.75, 3.05) is 188 Å².